The molecule has 1 atom stereocenters. The minimum atomic E-state index is -0.978. The van der Waals surface area contributed by atoms with Crippen LogP contribution in [0.25, 0.3) is 10.9 Å². The number of hydrogen-bond acceptors (Lipinski definition) is 5. The fourth-order valence-corrected chi connectivity index (χ4v) is 3.25. The van der Waals surface area contributed by atoms with E-state index in [2.05, 4.69) is 10.3 Å². The molecule has 0 unspecified atom stereocenters. The normalized spacial score (nSPS) is 11.8. The van der Waals surface area contributed by atoms with Gasteiger partial charge in [0.05, 0.1) is 11.8 Å². The van der Waals surface area contributed by atoms with Gasteiger partial charge in [-0.05, 0) is 49.7 Å². The topological polar surface area (TPSA) is 101 Å². The first kappa shape index (κ1) is 20.2. The van der Waals surface area contributed by atoms with Crippen molar-refractivity contribution in [1.82, 2.24) is 4.98 Å². The first-order valence-corrected chi connectivity index (χ1v) is 9.71. The van der Waals surface area contributed by atoms with Gasteiger partial charge in [0.25, 0.3) is 5.91 Å². The van der Waals surface area contributed by atoms with E-state index in [-0.39, 0.29) is 17.1 Å². The summed E-state index contributed by atoms with van der Waals surface area (Å²) in [6.45, 7) is 3.34. The Labute approximate surface area is 178 Å². The van der Waals surface area contributed by atoms with Crippen molar-refractivity contribution in [2.45, 2.75) is 20.0 Å². The molecule has 0 saturated heterocycles. The van der Waals surface area contributed by atoms with Crippen LogP contribution in [0.3, 0.4) is 0 Å². The highest BCUT2D eigenvalue weighted by Crippen LogP contribution is 2.22. The van der Waals surface area contributed by atoms with Crippen molar-refractivity contribution in [3.05, 3.63) is 89.5 Å². The Morgan fingerprint density at radius 1 is 1.06 bits per heavy atom. The zero-order valence-electron chi connectivity index (χ0n) is 17.0. The molecule has 4 aromatic rings. The highest BCUT2D eigenvalue weighted by molar-refractivity contribution is 6.10. The monoisotopic (exact) mass is 416 g/mol. The lowest BCUT2D eigenvalue weighted by Gasteiger charge is -2.13. The number of benzene rings is 2. The number of ether oxygens (including phenoxy) is 1. The summed E-state index contributed by atoms with van der Waals surface area (Å²) in [4.78, 5) is 40.8. The standard InChI is InChI=1S/C24H20N2O5/c1-14-9-10-16(12-20(14)26-23(28)21-8-5-11-30-21)24(29)31-15(2)22(27)18-13-25-19-7-4-3-6-17(18)19/h3-13,15,25H,1-2H3,(H,26,28)/t15-/m0/s1. The van der Waals surface area contributed by atoms with Crippen LogP contribution in [0.2, 0.25) is 0 Å². The molecule has 2 aromatic carbocycles. The molecular weight excluding hydrogens is 396 g/mol. The van der Waals surface area contributed by atoms with Gasteiger partial charge >= 0.3 is 5.97 Å². The van der Waals surface area contributed by atoms with Crippen molar-refractivity contribution >= 4 is 34.3 Å². The zero-order valence-corrected chi connectivity index (χ0v) is 17.0. The summed E-state index contributed by atoms with van der Waals surface area (Å²) < 4.78 is 10.5. The fraction of sp³-hybridized carbons (Fsp3) is 0.125. The molecule has 0 bridgehead atoms. The second-order valence-electron chi connectivity index (χ2n) is 7.12. The number of carbonyl (C=O) groups is 3. The Balaban J connectivity index is 1.49. The second kappa shape index (κ2) is 8.31. The van der Waals surface area contributed by atoms with E-state index in [1.807, 2.05) is 24.3 Å². The summed E-state index contributed by atoms with van der Waals surface area (Å²) >= 11 is 0. The first-order chi connectivity index (χ1) is 14.9. The van der Waals surface area contributed by atoms with Crippen molar-refractivity contribution in [1.29, 1.82) is 0 Å². The van der Waals surface area contributed by atoms with E-state index in [9.17, 15) is 14.4 Å². The van der Waals surface area contributed by atoms with Crippen molar-refractivity contribution in [3.8, 4) is 0 Å². The molecule has 2 aromatic heterocycles. The number of anilines is 1. The van der Waals surface area contributed by atoms with Gasteiger partial charge in [0, 0.05) is 28.4 Å². The van der Waals surface area contributed by atoms with Gasteiger partial charge in [0.2, 0.25) is 5.78 Å². The number of rotatable bonds is 6. The van der Waals surface area contributed by atoms with Crippen molar-refractivity contribution < 1.29 is 23.5 Å². The van der Waals surface area contributed by atoms with Crippen molar-refractivity contribution in [3.63, 3.8) is 0 Å². The number of para-hydroxylation sites is 1. The number of aromatic nitrogens is 1. The van der Waals surface area contributed by atoms with Crippen molar-refractivity contribution in [2.24, 2.45) is 0 Å². The molecule has 0 saturated carbocycles. The maximum atomic E-state index is 12.8. The summed E-state index contributed by atoms with van der Waals surface area (Å²) in [7, 11) is 0. The third-order valence-electron chi connectivity index (χ3n) is 4.97. The number of nitrogens with one attached hydrogen (secondary N) is 2. The molecule has 2 heterocycles. The van der Waals surface area contributed by atoms with E-state index in [1.165, 1.54) is 19.3 Å². The third kappa shape index (κ3) is 4.11. The predicted octanol–water partition coefficient (Wildman–Crippen LogP) is 4.75. The number of Topliss-reactive ketones (excluding diaryl/α,β-unsaturated/α-hetero) is 1. The van der Waals surface area contributed by atoms with Crippen LogP contribution in [0.15, 0.2) is 71.5 Å². The summed E-state index contributed by atoms with van der Waals surface area (Å²) in [6.07, 6.45) is 2.04. The molecule has 0 aliphatic carbocycles. The number of esters is 1. The van der Waals surface area contributed by atoms with E-state index >= 15 is 0 Å². The van der Waals surface area contributed by atoms with Crippen LogP contribution in [0.4, 0.5) is 5.69 Å². The molecule has 31 heavy (non-hydrogen) atoms. The molecule has 0 aliphatic heterocycles. The molecule has 156 valence electrons. The number of aryl methyl sites for hydroxylation is 1. The van der Waals surface area contributed by atoms with Crippen LogP contribution in [0.5, 0.6) is 0 Å². The van der Waals surface area contributed by atoms with E-state index in [1.54, 1.807) is 37.4 Å². The average Bonchev–Trinajstić information content (AvgIpc) is 3.45. The number of furan rings is 1. The SMILES string of the molecule is Cc1ccc(C(=O)O[C@@H](C)C(=O)c2c[nH]c3ccccc23)cc1NC(=O)c1ccco1. The van der Waals surface area contributed by atoms with Crippen LogP contribution in [-0.2, 0) is 4.74 Å². The maximum absolute atomic E-state index is 12.8. The van der Waals surface area contributed by atoms with Crippen LogP contribution in [0, 0.1) is 6.92 Å². The fourth-order valence-electron chi connectivity index (χ4n) is 3.25. The Morgan fingerprint density at radius 3 is 2.65 bits per heavy atom. The molecule has 0 spiro atoms. The summed E-state index contributed by atoms with van der Waals surface area (Å²) in [5, 5.41) is 3.49. The van der Waals surface area contributed by atoms with E-state index in [4.69, 9.17) is 9.15 Å². The lowest BCUT2D eigenvalue weighted by Crippen LogP contribution is -2.24. The van der Waals surface area contributed by atoms with Crippen molar-refractivity contribution in [2.75, 3.05) is 5.32 Å². The van der Waals surface area contributed by atoms with Gasteiger partial charge in [-0.25, -0.2) is 4.79 Å². The van der Waals surface area contributed by atoms with Crippen LogP contribution < -0.4 is 5.32 Å². The Hall–Kier alpha value is -4.13. The predicted molar refractivity (Wildman–Crippen MR) is 115 cm³/mol. The maximum Gasteiger partial charge on any atom is 0.338 e. The van der Waals surface area contributed by atoms with Gasteiger partial charge in [-0.3, -0.25) is 9.59 Å². The number of H-pyrrole nitrogens is 1. The minimum absolute atomic E-state index is 0.158. The molecule has 1 amide bonds. The van der Waals surface area contributed by atoms with E-state index in [0.717, 1.165) is 16.5 Å². The summed E-state index contributed by atoms with van der Waals surface area (Å²) in [5.74, 6) is -1.23. The Morgan fingerprint density at radius 2 is 1.87 bits per heavy atom. The van der Waals surface area contributed by atoms with Crippen LogP contribution >= 0.6 is 0 Å². The van der Waals surface area contributed by atoms with E-state index < -0.39 is 18.0 Å². The van der Waals surface area contributed by atoms with Gasteiger partial charge < -0.3 is 19.5 Å². The molecule has 2 N–H and O–H groups in total. The molecule has 0 fully saturated rings. The molecule has 7 heteroatoms. The zero-order chi connectivity index (χ0) is 22.0. The average molecular weight is 416 g/mol. The molecule has 0 aliphatic rings. The lowest BCUT2D eigenvalue weighted by atomic mass is 10.1. The summed E-state index contributed by atoms with van der Waals surface area (Å²) in [5.41, 5.74) is 2.73. The largest absolute Gasteiger partial charge is 0.459 e. The lowest BCUT2D eigenvalue weighted by molar-refractivity contribution is 0.0319. The third-order valence-corrected chi connectivity index (χ3v) is 4.97. The highest BCUT2D eigenvalue weighted by Gasteiger charge is 2.23. The number of amides is 1. The highest BCUT2D eigenvalue weighted by atomic mass is 16.5. The van der Waals surface area contributed by atoms with Crippen LogP contribution in [-0.4, -0.2) is 28.7 Å². The minimum Gasteiger partial charge on any atom is -0.459 e. The van der Waals surface area contributed by atoms with Gasteiger partial charge in [-0.2, -0.15) is 0 Å². The molecular formula is C24H20N2O5. The van der Waals surface area contributed by atoms with Gasteiger partial charge in [-0.15, -0.1) is 0 Å². The van der Waals surface area contributed by atoms with Gasteiger partial charge in [0.1, 0.15) is 0 Å². The Kier molecular flexibility index (Phi) is 5.41. The summed E-state index contributed by atoms with van der Waals surface area (Å²) in [6, 6.07) is 15.4. The van der Waals surface area contributed by atoms with Gasteiger partial charge in [0.15, 0.2) is 11.9 Å². The number of aromatic amines is 1. The van der Waals surface area contributed by atoms with E-state index in [0.29, 0.717) is 11.3 Å². The Bertz CT molecular complexity index is 1270. The molecule has 7 nitrogen and oxygen atoms in total. The van der Waals surface area contributed by atoms with Crippen LogP contribution in [0.1, 0.15) is 43.8 Å². The number of fused-ring (bicyclic) bond motifs is 1. The number of carbonyl (C=O) groups excluding carboxylic acids is 3. The second-order valence-corrected chi connectivity index (χ2v) is 7.12. The quantitative estimate of drug-likeness (QED) is 0.349. The number of hydrogen-bond donors (Lipinski definition) is 2. The molecule has 0 radical (unpaired) electrons. The molecule has 4 rings (SSSR count). The number of ketones is 1. The first-order valence-electron chi connectivity index (χ1n) is 9.71. The van der Waals surface area contributed by atoms with Gasteiger partial charge in [-0.1, -0.05) is 24.3 Å². The smallest absolute Gasteiger partial charge is 0.338 e.